The van der Waals surface area contributed by atoms with Gasteiger partial charge in [-0.15, -0.1) is 0 Å². The van der Waals surface area contributed by atoms with Crippen molar-refractivity contribution in [1.82, 2.24) is 25.2 Å². The smallest absolute Gasteiger partial charge is 0.315 e. The molecule has 1 aliphatic rings. The van der Waals surface area contributed by atoms with E-state index in [4.69, 9.17) is 0 Å². The van der Waals surface area contributed by atoms with E-state index in [9.17, 15) is 4.79 Å². The van der Waals surface area contributed by atoms with Crippen molar-refractivity contribution in [3.05, 3.63) is 42.6 Å². The Balaban J connectivity index is 1.48. The van der Waals surface area contributed by atoms with Crippen molar-refractivity contribution in [2.75, 3.05) is 6.54 Å². The molecule has 0 spiro atoms. The lowest BCUT2D eigenvalue weighted by Gasteiger charge is -2.07. The van der Waals surface area contributed by atoms with Crippen LogP contribution >= 0.6 is 0 Å². The highest BCUT2D eigenvalue weighted by Crippen LogP contribution is 2.27. The molecule has 0 saturated heterocycles. The predicted molar refractivity (Wildman–Crippen MR) is 74.3 cm³/mol. The third-order valence-corrected chi connectivity index (χ3v) is 3.28. The molecule has 20 heavy (non-hydrogen) atoms. The number of urea groups is 1. The molecule has 2 N–H and O–H groups in total. The number of hydrogen-bond acceptors (Lipinski definition) is 3. The van der Waals surface area contributed by atoms with Gasteiger partial charge in [0.2, 0.25) is 0 Å². The summed E-state index contributed by atoms with van der Waals surface area (Å²) in [5, 5.41) is 5.69. The molecule has 104 valence electrons. The first-order valence-electron chi connectivity index (χ1n) is 6.76. The maximum Gasteiger partial charge on any atom is 0.315 e. The van der Waals surface area contributed by atoms with Gasteiger partial charge < -0.3 is 10.6 Å². The van der Waals surface area contributed by atoms with Gasteiger partial charge in [0.1, 0.15) is 12.1 Å². The third kappa shape index (κ3) is 3.34. The maximum absolute atomic E-state index is 11.5. The van der Waals surface area contributed by atoms with Gasteiger partial charge in [-0.05, 0) is 30.4 Å². The van der Waals surface area contributed by atoms with E-state index in [2.05, 4.69) is 20.6 Å². The fraction of sp³-hybridized carbons (Fsp3) is 0.357. The van der Waals surface area contributed by atoms with E-state index in [0.717, 1.165) is 17.9 Å². The second-order valence-corrected chi connectivity index (χ2v) is 5.00. The Morgan fingerprint density at radius 2 is 2.25 bits per heavy atom. The zero-order chi connectivity index (χ0) is 13.8. The minimum Gasteiger partial charge on any atom is -0.338 e. The van der Waals surface area contributed by atoms with Crippen LogP contribution in [0.5, 0.6) is 0 Å². The molecule has 6 nitrogen and oxygen atoms in total. The van der Waals surface area contributed by atoms with Crippen LogP contribution in [0.2, 0.25) is 0 Å². The van der Waals surface area contributed by atoms with Gasteiger partial charge in [0.15, 0.2) is 0 Å². The lowest BCUT2D eigenvalue weighted by atomic mass is 10.3. The number of nitrogens with zero attached hydrogens (tertiary/aromatic N) is 3. The number of hydrogen-bond donors (Lipinski definition) is 2. The topological polar surface area (TPSA) is 71.8 Å². The van der Waals surface area contributed by atoms with Crippen molar-refractivity contribution in [2.24, 2.45) is 5.92 Å². The molecule has 6 heteroatoms. The van der Waals surface area contributed by atoms with Crippen molar-refractivity contribution in [3.63, 3.8) is 0 Å². The van der Waals surface area contributed by atoms with E-state index in [1.54, 1.807) is 18.7 Å². The number of aromatic nitrogens is 3. The lowest BCUT2D eigenvalue weighted by molar-refractivity contribution is 0.240. The number of carbonyl (C=O) groups is 1. The number of pyridine rings is 1. The molecule has 0 atom stereocenters. The van der Waals surface area contributed by atoms with E-state index >= 15 is 0 Å². The van der Waals surface area contributed by atoms with Gasteiger partial charge in [0, 0.05) is 31.7 Å². The van der Waals surface area contributed by atoms with Gasteiger partial charge in [0.25, 0.3) is 0 Å². The Hall–Kier alpha value is -2.37. The van der Waals surface area contributed by atoms with E-state index in [-0.39, 0.29) is 6.03 Å². The molecule has 0 radical (unpaired) electrons. The fourth-order valence-corrected chi connectivity index (χ4v) is 1.87. The molecule has 0 bridgehead atoms. The zero-order valence-corrected chi connectivity index (χ0v) is 11.1. The molecular formula is C14H17N5O. The molecular weight excluding hydrogens is 254 g/mol. The fourth-order valence-electron chi connectivity index (χ4n) is 1.87. The largest absolute Gasteiger partial charge is 0.338 e. The lowest BCUT2D eigenvalue weighted by Crippen LogP contribution is -2.36. The van der Waals surface area contributed by atoms with Gasteiger partial charge in [-0.2, -0.15) is 0 Å². The molecule has 2 amide bonds. The van der Waals surface area contributed by atoms with Crippen LogP contribution in [0.1, 0.15) is 18.4 Å². The van der Waals surface area contributed by atoms with Crippen molar-refractivity contribution >= 4 is 6.03 Å². The summed E-state index contributed by atoms with van der Waals surface area (Å²) in [6, 6.07) is 3.74. The second-order valence-electron chi connectivity index (χ2n) is 5.00. The van der Waals surface area contributed by atoms with Crippen molar-refractivity contribution in [1.29, 1.82) is 0 Å². The van der Waals surface area contributed by atoms with E-state index < -0.39 is 0 Å². The Labute approximate surface area is 117 Å². The van der Waals surface area contributed by atoms with Crippen LogP contribution in [0.15, 0.2) is 37.1 Å². The van der Waals surface area contributed by atoms with Crippen LogP contribution in [-0.4, -0.2) is 27.1 Å². The number of imidazole rings is 1. The molecule has 2 aromatic heterocycles. The van der Waals surface area contributed by atoms with Gasteiger partial charge in [-0.1, -0.05) is 6.07 Å². The summed E-state index contributed by atoms with van der Waals surface area (Å²) in [5.74, 6) is 1.50. The Kier molecular flexibility index (Phi) is 3.62. The van der Waals surface area contributed by atoms with Crippen molar-refractivity contribution < 1.29 is 4.79 Å². The van der Waals surface area contributed by atoms with Crippen LogP contribution < -0.4 is 10.6 Å². The van der Waals surface area contributed by atoms with Crippen LogP contribution in [0.25, 0.3) is 5.82 Å². The van der Waals surface area contributed by atoms with E-state index in [1.807, 2.05) is 22.9 Å². The Morgan fingerprint density at radius 1 is 1.35 bits per heavy atom. The van der Waals surface area contributed by atoms with Crippen LogP contribution in [0.4, 0.5) is 4.79 Å². The van der Waals surface area contributed by atoms with Crippen LogP contribution in [0.3, 0.4) is 0 Å². The monoisotopic (exact) mass is 271 g/mol. The molecule has 3 rings (SSSR count). The Bertz CT molecular complexity index is 560. The molecule has 2 aromatic rings. The number of amides is 2. The molecule has 0 unspecified atom stereocenters. The normalized spacial score (nSPS) is 14.0. The Morgan fingerprint density at radius 3 is 2.90 bits per heavy atom. The number of nitrogens with one attached hydrogen (secondary N) is 2. The summed E-state index contributed by atoms with van der Waals surface area (Å²) < 4.78 is 1.83. The van der Waals surface area contributed by atoms with Crippen LogP contribution in [0, 0.1) is 5.92 Å². The van der Waals surface area contributed by atoms with E-state index in [0.29, 0.717) is 12.5 Å². The molecule has 0 aromatic carbocycles. The zero-order valence-electron chi connectivity index (χ0n) is 11.1. The van der Waals surface area contributed by atoms with Crippen molar-refractivity contribution in [2.45, 2.75) is 19.4 Å². The SMILES string of the molecule is O=C(NCc1ccc(-n2ccnc2)nc1)NCC1CC1. The van der Waals surface area contributed by atoms with E-state index in [1.165, 1.54) is 12.8 Å². The standard InChI is InChI=1S/C14H17N5O/c20-14(17-7-11-1-2-11)18-9-12-3-4-13(16-8-12)19-6-5-15-10-19/h3-6,8,10-11H,1-2,7,9H2,(H2,17,18,20). The summed E-state index contributed by atoms with van der Waals surface area (Å²) in [7, 11) is 0. The highest BCUT2D eigenvalue weighted by atomic mass is 16.2. The molecule has 1 saturated carbocycles. The summed E-state index contributed by atoms with van der Waals surface area (Å²) in [4.78, 5) is 19.9. The first-order valence-corrected chi connectivity index (χ1v) is 6.76. The molecule has 1 aliphatic carbocycles. The van der Waals surface area contributed by atoms with Crippen molar-refractivity contribution in [3.8, 4) is 5.82 Å². The molecule has 2 heterocycles. The summed E-state index contributed by atoms with van der Waals surface area (Å²) >= 11 is 0. The average molecular weight is 271 g/mol. The predicted octanol–water partition coefficient (Wildman–Crippen LogP) is 1.48. The van der Waals surface area contributed by atoms with Gasteiger partial charge in [-0.3, -0.25) is 4.57 Å². The molecule has 1 fully saturated rings. The summed E-state index contributed by atoms with van der Waals surface area (Å²) in [6.07, 6.45) is 9.48. The minimum absolute atomic E-state index is 0.115. The minimum atomic E-state index is -0.115. The summed E-state index contributed by atoms with van der Waals surface area (Å²) in [5.41, 5.74) is 0.968. The first kappa shape index (κ1) is 12.7. The number of rotatable bonds is 5. The second kappa shape index (κ2) is 5.73. The van der Waals surface area contributed by atoms with Crippen LogP contribution in [-0.2, 0) is 6.54 Å². The highest BCUT2D eigenvalue weighted by molar-refractivity contribution is 5.73. The van der Waals surface area contributed by atoms with Gasteiger partial charge in [0.05, 0.1) is 0 Å². The quantitative estimate of drug-likeness (QED) is 0.865. The molecule has 0 aliphatic heterocycles. The third-order valence-electron chi connectivity index (χ3n) is 3.28. The maximum atomic E-state index is 11.5. The van der Waals surface area contributed by atoms with Gasteiger partial charge >= 0.3 is 6.03 Å². The highest BCUT2D eigenvalue weighted by Gasteiger charge is 2.21. The van der Waals surface area contributed by atoms with Gasteiger partial charge in [-0.25, -0.2) is 14.8 Å². The summed E-state index contributed by atoms with van der Waals surface area (Å²) in [6.45, 7) is 1.26. The number of carbonyl (C=O) groups excluding carboxylic acids is 1. The average Bonchev–Trinajstić information content (AvgIpc) is 3.15. The first-order chi connectivity index (χ1) is 9.81.